The van der Waals surface area contributed by atoms with Crippen molar-refractivity contribution in [3.63, 3.8) is 0 Å². The lowest BCUT2D eigenvalue weighted by Gasteiger charge is -2.37. The molecule has 0 saturated carbocycles. The average Bonchev–Trinajstić information content (AvgIpc) is 3.12. The first kappa shape index (κ1) is 17.3. The molecule has 0 spiro atoms. The van der Waals surface area contributed by atoms with Crippen molar-refractivity contribution >= 4 is 11.7 Å². The number of anilines is 1. The molecule has 4 nitrogen and oxygen atoms in total. The van der Waals surface area contributed by atoms with E-state index in [4.69, 9.17) is 0 Å². The summed E-state index contributed by atoms with van der Waals surface area (Å²) in [4.78, 5) is 15.0. The normalized spacial score (nSPS) is 16.1. The van der Waals surface area contributed by atoms with Crippen LogP contribution < -0.4 is 5.32 Å². The Hall–Kier alpha value is -3.08. The van der Waals surface area contributed by atoms with E-state index < -0.39 is 0 Å². The van der Waals surface area contributed by atoms with E-state index >= 15 is 0 Å². The SMILES string of the molecule is Cc1cccc(C)c1NC(=O)N1CCn2cccc2[C@H]1c1cccc(F)c1. The fourth-order valence-electron chi connectivity index (χ4n) is 3.82. The highest BCUT2D eigenvalue weighted by Crippen LogP contribution is 2.33. The van der Waals surface area contributed by atoms with E-state index in [1.807, 2.05) is 56.4 Å². The zero-order chi connectivity index (χ0) is 19.0. The summed E-state index contributed by atoms with van der Waals surface area (Å²) in [6.07, 6.45) is 2.00. The summed E-state index contributed by atoms with van der Waals surface area (Å²) in [7, 11) is 0. The Morgan fingerprint density at radius 2 is 1.78 bits per heavy atom. The molecule has 0 aliphatic carbocycles. The van der Waals surface area contributed by atoms with Gasteiger partial charge in [0, 0.05) is 30.7 Å². The van der Waals surface area contributed by atoms with Crippen molar-refractivity contribution in [2.45, 2.75) is 26.4 Å². The van der Waals surface area contributed by atoms with Gasteiger partial charge in [0.1, 0.15) is 5.82 Å². The maximum absolute atomic E-state index is 13.9. The number of halogens is 1. The molecule has 27 heavy (non-hydrogen) atoms. The molecule has 4 rings (SSSR count). The number of aryl methyl sites for hydroxylation is 2. The van der Waals surface area contributed by atoms with Gasteiger partial charge in [0.15, 0.2) is 0 Å². The fraction of sp³-hybridized carbons (Fsp3) is 0.227. The van der Waals surface area contributed by atoms with Crippen LogP contribution in [0.5, 0.6) is 0 Å². The summed E-state index contributed by atoms with van der Waals surface area (Å²) in [5, 5.41) is 3.07. The summed E-state index contributed by atoms with van der Waals surface area (Å²) >= 11 is 0. The van der Waals surface area contributed by atoms with Gasteiger partial charge in [0.05, 0.1) is 6.04 Å². The van der Waals surface area contributed by atoms with Crippen LogP contribution in [-0.4, -0.2) is 22.0 Å². The first-order chi connectivity index (χ1) is 13.0. The van der Waals surface area contributed by atoms with Crippen molar-refractivity contribution in [2.75, 3.05) is 11.9 Å². The summed E-state index contributed by atoms with van der Waals surface area (Å²) in [6, 6.07) is 15.9. The van der Waals surface area contributed by atoms with E-state index in [1.54, 1.807) is 11.0 Å². The van der Waals surface area contributed by atoms with Crippen LogP contribution >= 0.6 is 0 Å². The van der Waals surface area contributed by atoms with Gasteiger partial charge in [0.2, 0.25) is 0 Å². The van der Waals surface area contributed by atoms with Crippen LogP contribution in [0.25, 0.3) is 0 Å². The lowest BCUT2D eigenvalue weighted by atomic mass is 10.00. The molecule has 1 aromatic heterocycles. The maximum Gasteiger partial charge on any atom is 0.322 e. The summed E-state index contributed by atoms with van der Waals surface area (Å²) in [5.41, 5.74) is 4.63. The van der Waals surface area contributed by atoms with E-state index in [1.165, 1.54) is 12.1 Å². The minimum absolute atomic E-state index is 0.172. The average molecular weight is 363 g/mol. The second kappa shape index (κ2) is 6.91. The molecule has 2 heterocycles. The second-order valence-electron chi connectivity index (χ2n) is 6.97. The number of nitrogens with one attached hydrogen (secondary N) is 1. The van der Waals surface area contributed by atoms with Gasteiger partial charge >= 0.3 is 6.03 Å². The lowest BCUT2D eigenvalue weighted by Crippen LogP contribution is -2.44. The molecule has 0 radical (unpaired) electrons. The third-order valence-corrected chi connectivity index (χ3v) is 5.18. The second-order valence-corrected chi connectivity index (χ2v) is 6.97. The molecular formula is C22H22FN3O. The van der Waals surface area contributed by atoms with Gasteiger partial charge in [-0.2, -0.15) is 0 Å². The fourth-order valence-corrected chi connectivity index (χ4v) is 3.82. The third kappa shape index (κ3) is 3.21. The molecule has 0 saturated heterocycles. The number of nitrogens with zero attached hydrogens (tertiary/aromatic N) is 2. The molecule has 0 bridgehead atoms. The van der Waals surface area contributed by atoms with E-state index in [0.29, 0.717) is 13.1 Å². The third-order valence-electron chi connectivity index (χ3n) is 5.18. The largest absolute Gasteiger partial charge is 0.348 e. The highest BCUT2D eigenvalue weighted by atomic mass is 19.1. The lowest BCUT2D eigenvalue weighted by molar-refractivity contribution is 0.181. The van der Waals surface area contributed by atoms with Gasteiger partial charge < -0.3 is 14.8 Å². The Morgan fingerprint density at radius 1 is 1.04 bits per heavy atom. The molecule has 1 atom stereocenters. The summed E-state index contributed by atoms with van der Waals surface area (Å²) < 4.78 is 16.0. The first-order valence-electron chi connectivity index (χ1n) is 9.09. The predicted molar refractivity (Wildman–Crippen MR) is 104 cm³/mol. The van der Waals surface area contributed by atoms with Gasteiger partial charge in [-0.1, -0.05) is 30.3 Å². The van der Waals surface area contributed by atoms with Gasteiger partial charge in [-0.25, -0.2) is 9.18 Å². The van der Waals surface area contributed by atoms with Crippen molar-refractivity contribution in [2.24, 2.45) is 0 Å². The van der Waals surface area contributed by atoms with Crippen LogP contribution in [0.4, 0.5) is 14.9 Å². The van der Waals surface area contributed by atoms with Gasteiger partial charge in [-0.15, -0.1) is 0 Å². The zero-order valence-corrected chi connectivity index (χ0v) is 15.4. The number of hydrogen-bond donors (Lipinski definition) is 1. The first-order valence-corrected chi connectivity index (χ1v) is 9.09. The van der Waals surface area contributed by atoms with Crippen molar-refractivity contribution in [3.05, 3.63) is 89.0 Å². The van der Waals surface area contributed by atoms with Crippen molar-refractivity contribution in [1.29, 1.82) is 0 Å². The summed E-state index contributed by atoms with van der Waals surface area (Å²) in [6.45, 7) is 5.23. The number of hydrogen-bond acceptors (Lipinski definition) is 1. The van der Waals surface area contributed by atoms with Crippen molar-refractivity contribution < 1.29 is 9.18 Å². The molecule has 5 heteroatoms. The maximum atomic E-state index is 13.9. The van der Waals surface area contributed by atoms with Gasteiger partial charge in [0.25, 0.3) is 0 Å². The highest BCUT2D eigenvalue weighted by molar-refractivity contribution is 5.91. The number of rotatable bonds is 2. The molecule has 3 aromatic rings. The number of carbonyl (C=O) groups excluding carboxylic acids is 1. The Kier molecular flexibility index (Phi) is 4.44. The topological polar surface area (TPSA) is 37.3 Å². The molecule has 138 valence electrons. The Bertz CT molecular complexity index is 974. The van der Waals surface area contributed by atoms with Crippen LogP contribution in [-0.2, 0) is 6.54 Å². The molecule has 2 aromatic carbocycles. The van der Waals surface area contributed by atoms with Crippen molar-refractivity contribution in [3.8, 4) is 0 Å². The minimum Gasteiger partial charge on any atom is -0.348 e. The smallest absolute Gasteiger partial charge is 0.322 e. The molecule has 0 unspecified atom stereocenters. The number of urea groups is 1. The Labute approximate surface area is 158 Å². The van der Waals surface area contributed by atoms with Crippen LogP contribution in [0.15, 0.2) is 60.8 Å². The molecule has 2 amide bonds. The molecule has 0 fully saturated rings. The Balaban J connectivity index is 1.71. The van der Waals surface area contributed by atoms with Crippen LogP contribution in [0, 0.1) is 19.7 Å². The van der Waals surface area contributed by atoms with Crippen molar-refractivity contribution in [1.82, 2.24) is 9.47 Å². The monoisotopic (exact) mass is 363 g/mol. The molecule has 1 N–H and O–H groups in total. The molecular weight excluding hydrogens is 341 g/mol. The number of benzene rings is 2. The molecule has 1 aliphatic rings. The number of fused-ring (bicyclic) bond motifs is 1. The summed E-state index contributed by atoms with van der Waals surface area (Å²) in [5.74, 6) is -0.300. The number of carbonyl (C=O) groups is 1. The zero-order valence-electron chi connectivity index (χ0n) is 15.4. The quantitative estimate of drug-likeness (QED) is 0.692. The minimum atomic E-state index is -0.325. The van der Waals surface area contributed by atoms with Crippen LogP contribution in [0.2, 0.25) is 0 Å². The number of aromatic nitrogens is 1. The van der Waals surface area contributed by atoms with Gasteiger partial charge in [-0.05, 0) is 54.8 Å². The Morgan fingerprint density at radius 3 is 2.52 bits per heavy atom. The van der Waals surface area contributed by atoms with Gasteiger partial charge in [-0.3, -0.25) is 0 Å². The standard InChI is InChI=1S/C22H22FN3O/c1-15-6-3-7-16(2)20(15)24-22(27)26-13-12-25-11-5-10-19(25)21(26)17-8-4-9-18(23)14-17/h3-11,14,21H,12-13H2,1-2H3,(H,24,27)/t21-/m1/s1. The van der Waals surface area contributed by atoms with E-state index in [0.717, 1.165) is 28.1 Å². The van der Waals surface area contributed by atoms with E-state index in [-0.39, 0.29) is 17.9 Å². The van der Waals surface area contributed by atoms with Crippen LogP contribution in [0.3, 0.4) is 0 Å². The number of para-hydroxylation sites is 1. The number of amides is 2. The highest BCUT2D eigenvalue weighted by Gasteiger charge is 2.32. The van der Waals surface area contributed by atoms with E-state index in [2.05, 4.69) is 9.88 Å². The molecule has 1 aliphatic heterocycles. The van der Waals surface area contributed by atoms with Crippen LogP contribution in [0.1, 0.15) is 28.4 Å². The predicted octanol–water partition coefficient (Wildman–Crippen LogP) is 4.88. The van der Waals surface area contributed by atoms with E-state index in [9.17, 15) is 9.18 Å².